The quantitative estimate of drug-likeness (QED) is 0.760. The Bertz CT molecular complexity index is 775. The summed E-state index contributed by atoms with van der Waals surface area (Å²) in [6.07, 6.45) is 1.44. The van der Waals surface area contributed by atoms with Crippen LogP contribution < -0.4 is 15.8 Å². The monoisotopic (exact) mass is 344 g/mol. The number of hydrogen-bond acceptors (Lipinski definition) is 6. The minimum atomic E-state index is -0.544. The maximum atomic E-state index is 12.9. The predicted molar refractivity (Wildman–Crippen MR) is 88.9 cm³/mol. The molecule has 0 aliphatic carbocycles. The summed E-state index contributed by atoms with van der Waals surface area (Å²) in [7, 11) is 1.61. The lowest BCUT2D eigenvalue weighted by molar-refractivity contribution is -0.118. The molecule has 0 radical (unpaired) electrons. The normalized spacial score (nSPS) is 17.3. The van der Waals surface area contributed by atoms with Crippen LogP contribution in [0.1, 0.15) is 22.1 Å². The summed E-state index contributed by atoms with van der Waals surface area (Å²) in [5, 5.41) is 11.0. The lowest BCUT2D eigenvalue weighted by Crippen LogP contribution is -2.48. The molecule has 9 nitrogen and oxygen atoms in total. The summed E-state index contributed by atoms with van der Waals surface area (Å²) in [4.78, 5) is 25.6. The van der Waals surface area contributed by atoms with E-state index < -0.39 is 5.91 Å². The van der Waals surface area contributed by atoms with E-state index in [4.69, 9.17) is 10.5 Å². The zero-order chi connectivity index (χ0) is 17.8. The van der Waals surface area contributed by atoms with Crippen LogP contribution in [0.4, 0.5) is 0 Å². The number of benzene rings is 1. The molecule has 3 rings (SSSR count). The van der Waals surface area contributed by atoms with Crippen molar-refractivity contribution in [2.75, 3.05) is 26.7 Å². The van der Waals surface area contributed by atoms with E-state index in [1.165, 1.54) is 10.9 Å². The second-order valence-corrected chi connectivity index (χ2v) is 5.73. The number of nitrogens with two attached hydrogens (primary N) is 1. The third-order valence-corrected chi connectivity index (χ3v) is 4.08. The standard InChI is InChI=1S/C16H20N6O3/c1-25-14-5-3-2-4-11(14)13-8-18-6-7-22(13)16(24)12-9-21(20-19-12)10-15(17)23/h2-5,9,13,18H,6-8,10H2,1H3,(H2,17,23). The number of amides is 2. The Balaban J connectivity index is 1.86. The fourth-order valence-corrected chi connectivity index (χ4v) is 2.95. The maximum absolute atomic E-state index is 12.9. The summed E-state index contributed by atoms with van der Waals surface area (Å²) in [5.41, 5.74) is 6.25. The first-order valence-electron chi connectivity index (χ1n) is 7.93. The van der Waals surface area contributed by atoms with Crippen LogP contribution in [0.5, 0.6) is 5.75 Å². The van der Waals surface area contributed by atoms with Crippen LogP contribution in [0.2, 0.25) is 0 Å². The molecule has 2 amide bonds. The van der Waals surface area contributed by atoms with Gasteiger partial charge in [0.05, 0.1) is 19.3 Å². The molecule has 0 saturated carbocycles. The van der Waals surface area contributed by atoms with Gasteiger partial charge in [0.1, 0.15) is 12.3 Å². The molecule has 1 fully saturated rings. The van der Waals surface area contributed by atoms with Crippen LogP contribution in [-0.2, 0) is 11.3 Å². The van der Waals surface area contributed by atoms with Gasteiger partial charge in [-0.3, -0.25) is 9.59 Å². The lowest BCUT2D eigenvalue weighted by atomic mass is 10.0. The van der Waals surface area contributed by atoms with Gasteiger partial charge in [-0.2, -0.15) is 0 Å². The van der Waals surface area contributed by atoms with Gasteiger partial charge < -0.3 is 20.7 Å². The smallest absolute Gasteiger partial charge is 0.276 e. The molecule has 132 valence electrons. The topological polar surface area (TPSA) is 115 Å². The average Bonchev–Trinajstić information content (AvgIpc) is 3.08. The number of methoxy groups -OCH3 is 1. The fraction of sp³-hybridized carbons (Fsp3) is 0.375. The van der Waals surface area contributed by atoms with Crippen LogP contribution in [-0.4, -0.2) is 58.5 Å². The van der Waals surface area contributed by atoms with E-state index >= 15 is 0 Å². The summed E-state index contributed by atoms with van der Waals surface area (Å²) in [5.74, 6) is -0.0579. The number of piperazine rings is 1. The largest absolute Gasteiger partial charge is 0.496 e. The molecule has 1 aliphatic heterocycles. The second-order valence-electron chi connectivity index (χ2n) is 5.73. The highest BCUT2D eigenvalue weighted by atomic mass is 16.5. The van der Waals surface area contributed by atoms with Crippen molar-refractivity contribution in [2.45, 2.75) is 12.6 Å². The van der Waals surface area contributed by atoms with Crippen molar-refractivity contribution < 1.29 is 14.3 Å². The summed E-state index contributed by atoms with van der Waals surface area (Å²) < 4.78 is 6.69. The van der Waals surface area contributed by atoms with E-state index in [-0.39, 0.29) is 24.2 Å². The number of para-hydroxylation sites is 1. The molecule has 1 saturated heterocycles. The first-order chi connectivity index (χ1) is 12.1. The van der Waals surface area contributed by atoms with Crippen molar-refractivity contribution in [3.8, 4) is 5.75 Å². The summed E-state index contributed by atoms with van der Waals surface area (Å²) in [6, 6.07) is 7.44. The molecule has 1 unspecified atom stereocenters. The van der Waals surface area contributed by atoms with E-state index in [1.54, 1.807) is 12.0 Å². The molecular weight excluding hydrogens is 324 g/mol. The van der Waals surface area contributed by atoms with Crippen molar-refractivity contribution in [1.82, 2.24) is 25.2 Å². The Morgan fingerprint density at radius 3 is 2.96 bits per heavy atom. The van der Waals surface area contributed by atoms with Gasteiger partial charge in [-0.15, -0.1) is 5.10 Å². The molecule has 1 aromatic heterocycles. The van der Waals surface area contributed by atoms with Crippen LogP contribution in [0, 0.1) is 0 Å². The Hall–Kier alpha value is -2.94. The van der Waals surface area contributed by atoms with Crippen molar-refractivity contribution >= 4 is 11.8 Å². The zero-order valence-corrected chi connectivity index (χ0v) is 13.9. The molecule has 2 heterocycles. The van der Waals surface area contributed by atoms with Crippen LogP contribution in [0.25, 0.3) is 0 Å². The molecule has 0 spiro atoms. The van der Waals surface area contributed by atoms with Gasteiger partial charge in [0.2, 0.25) is 5.91 Å². The summed E-state index contributed by atoms with van der Waals surface area (Å²) >= 11 is 0. The van der Waals surface area contributed by atoms with E-state index in [1.807, 2.05) is 24.3 Å². The Morgan fingerprint density at radius 1 is 1.40 bits per heavy atom. The maximum Gasteiger partial charge on any atom is 0.276 e. The third kappa shape index (κ3) is 3.61. The Kier molecular flexibility index (Phi) is 4.94. The van der Waals surface area contributed by atoms with Crippen molar-refractivity contribution in [1.29, 1.82) is 0 Å². The zero-order valence-electron chi connectivity index (χ0n) is 13.9. The van der Waals surface area contributed by atoms with Crippen LogP contribution in [0.3, 0.4) is 0 Å². The highest BCUT2D eigenvalue weighted by molar-refractivity contribution is 5.92. The molecule has 9 heteroatoms. The fourth-order valence-electron chi connectivity index (χ4n) is 2.95. The van der Waals surface area contributed by atoms with Gasteiger partial charge in [0.15, 0.2) is 5.69 Å². The highest BCUT2D eigenvalue weighted by Gasteiger charge is 2.31. The van der Waals surface area contributed by atoms with Gasteiger partial charge in [0, 0.05) is 25.2 Å². The number of hydrogen-bond donors (Lipinski definition) is 2. The number of carbonyl (C=O) groups excluding carboxylic acids is 2. The second kappa shape index (κ2) is 7.31. The molecule has 2 aromatic rings. The Labute approximate surface area is 144 Å². The number of aromatic nitrogens is 3. The van der Waals surface area contributed by atoms with Crippen LogP contribution >= 0.6 is 0 Å². The molecule has 1 aliphatic rings. The SMILES string of the molecule is COc1ccccc1C1CNCCN1C(=O)c1cn(CC(N)=O)nn1. The van der Waals surface area contributed by atoms with Gasteiger partial charge in [-0.1, -0.05) is 23.4 Å². The van der Waals surface area contributed by atoms with Crippen molar-refractivity contribution in [3.63, 3.8) is 0 Å². The first-order valence-corrected chi connectivity index (χ1v) is 7.93. The molecular formula is C16H20N6O3. The molecule has 3 N–H and O–H groups in total. The van der Waals surface area contributed by atoms with E-state index in [2.05, 4.69) is 15.6 Å². The molecule has 1 atom stereocenters. The van der Waals surface area contributed by atoms with Gasteiger partial charge >= 0.3 is 0 Å². The lowest BCUT2D eigenvalue weighted by Gasteiger charge is -2.36. The highest BCUT2D eigenvalue weighted by Crippen LogP contribution is 2.30. The number of carbonyl (C=O) groups is 2. The number of primary amides is 1. The number of ether oxygens (including phenoxy) is 1. The molecule has 0 bridgehead atoms. The van der Waals surface area contributed by atoms with E-state index in [0.717, 1.165) is 11.3 Å². The molecule has 25 heavy (non-hydrogen) atoms. The number of rotatable bonds is 5. The van der Waals surface area contributed by atoms with Gasteiger partial charge in [0.25, 0.3) is 5.91 Å². The predicted octanol–water partition coefficient (Wildman–Crippen LogP) is -0.441. The number of nitrogens with one attached hydrogen (secondary N) is 1. The van der Waals surface area contributed by atoms with E-state index in [0.29, 0.717) is 19.6 Å². The average molecular weight is 344 g/mol. The van der Waals surface area contributed by atoms with Gasteiger partial charge in [-0.25, -0.2) is 4.68 Å². The third-order valence-electron chi connectivity index (χ3n) is 4.08. The van der Waals surface area contributed by atoms with Crippen molar-refractivity contribution in [2.24, 2.45) is 5.73 Å². The number of nitrogens with zero attached hydrogens (tertiary/aromatic N) is 4. The van der Waals surface area contributed by atoms with Gasteiger partial charge in [-0.05, 0) is 6.07 Å². The first kappa shape index (κ1) is 16.9. The van der Waals surface area contributed by atoms with Crippen LogP contribution in [0.15, 0.2) is 30.5 Å². The van der Waals surface area contributed by atoms with Crippen molar-refractivity contribution in [3.05, 3.63) is 41.7 Å². The summed E-state index contributed by atoms with van der Waals surface area (Å²) in [6.45, 7) is 1.72. The molecule has 1 aromatic carbocycles. The van der Waals surface area contributed by atoms with E-state index in [9.17, 15) is 9.59 Å². The minimum Gasteiger partial charge on any atom is -0.496 e. The minimum absolute atomic E-state index is 0.113. The Morgan fingerprint density at radius 2 is 2.20 bits per heavy atom.